The van der Waals surface area contributed by atoms with Crippen molar-refractivity contribution in [2.24, 2.45) is 0 Å². The second kappa shape index (κ2) is 8.80. The van der Waals surface area contributed by atoms with Crippen LogP contribution in [0.1, 0.15) is 35.5 Å². The molecule has 9 heteroatoms. The van der Waals surface area contributed by atoms with Crippen LogP contribution in [0.3, 0.4) is 0 Å². The first-order chi connectivity index (χ1) is 13.9. The number of ether oxygens (including phenoxy) is 1. The van der Waals surface area contributed by atoms with Gasteiger partial charge in [0.15, 0.2) is 0 Å². The second-order valence-electron chi connectivity index (χ2n) is 6.57. The molecule has 1 atom stereocenters. The maximum absolute atomic E-state index is 12.5. The van der Waals surface area contributed by atoms with Gasteiger partial charge in [-0.15, -0.1) is 5.10 Å². The van der Waals surface area contributed by atoms with Crippen molar-refractivity contribution in [2.75, 3.05) is 6.61 Å². The number of nitrogens with zero attached hydrogens (tertiary/aromatic N) is 4. The van der Waals surface area contributed by atoms with Gasteiger partial charge < -0.3 is 10.1 Å². The van der Waals surface area contributed by atoms with E-state index in [9.17, 15) is 4.79 Å². The molecule has 0 radical (unpaired) electrons. The highest BCUT2D eigenvalue weighted by atomic mass is 35.5. The molecule has 0 saturated heterocycles. The maximum atomic E-state index is 12.5. The number of nitriles is 1. The summed E-state index contributed by atoms with van der Waals surface area (Å²) >= 11 is 6.10. The Morgan fingerprint density at radius 1 is 1.45 bits per heavy atom. The molecular weight excluding hydrogens is 392 g/mol. The Balaban J connectivity index is 1.64. The number of nitrogens with one attached hydrogen (secondary N) is 2. The van der Waals surface area contributed by atoms with Crippen molar-refractivity contribution in [3.8, 4) is 23.2 Å². The summed E-state index contributed by atoms with van der Waals surface area (Å²) in [5.41, 5.74) is 3.04. The number of rotatable bonds is 7. The topological polar surface area (TPSA) is 109 Å². The summed E-state index contributed by atoms with van der Waals surface area (Å²) in [6.07, 6.45) is 1.83. The van der Waals surface area contributed by atoms with Crippen molar-refractivity contribution in [3.05, 3.63) is 52.3 Å². The summed E-state index contributed by atoms with van der Waals surface area (Å²) < 4.78 is 7.12. The number of benzene rings is 1. The van der Waals surface area contributed by atoms with Gasteiger partial charge in [-0.25, -0.2) is 0 Å². The lowest BCUT2D eigenvalue weighted by Crippen LogP contribution is -2.36. The zero-order valence-electron chi connectivity index (χ0n) is 16.4. The smallest absolute Gasteiger partial charge is 0.269 e. The predicted molar refractivity (Wildman–Crippen MR) is 109 cm³/mol. The summed E-state index contributed by atoms with van der Waals surface area (Å²) in [6.45, 7) is 6.51. The third kappa shape index (κ3) is 4.58. The average Bonchev–Trinajstić information content (AvgIpc) is 3.29. The number of amides is 1. The van der Waals surface area contributed by atoms with E-state index in [2.05, 4.69) is 20.6 Å². The average molecular weight is 413 g/mol. The van der Waals surface area contributed by atoms with Gasteiger partial charge in [-0.2, -0.15) is 10.4 Å². The number of halogens is 1. The van der Waals surface area contributed by atoms with Gasteiger partial charge in [0.25, 0.3) is 5.91 Å². The van der Waals surface area contributed by atoms with Gasteiger partial charge in [0.1, 0.15) is 11.8 Å². The Hall–Kier alpha value is -3.31. The van der Waals surface area contributed by atoms with E-state index in [-0.39, 0.29) is 11.9 Å². The minimum Gasteiger partial charge on any atom is -0.477 e. The van der Waals surface area contributed by atoms with Crippen molar-refractivity contribution in [1.29, 1.82) is 5.26 Å². The molecule has 0 unspecified atom stereocenters. The van der Waals surface area contributed by atoms with E-state index < -0.39 is 0 Å². The van der Waals surface area contributed by atoms with E-state index in [0.717, 1.165) is 11.3 Å². The second-order valence-corrected chi connectivity index (χ2v) is 6.97. The van der Waals surface area contributed by atoms with Crippen LogP contribution in [0.2, 0.25) is 5.02 Å². The lowest BCUT2D eigenvalue weighted by atomic mass is 10.1. The summed E-state index contributed by atoms with van der Waals surface area (Å²) in [5.74, 6) is 0.183. The summed E-state index contributed by atoms with van der Waals surface area (Å²) in [4.78, 5) is 12.5. The maximum Gasteiger partial charge on any atom is 0.269 e. The van der Waals surface area contributed by atoms with Crippen LogP contribution >= 0.6 is 11.6 Å². The molecule has 1 amide bonds. The fraction of sp³-hybridized carbons (Fsp3) is 0.300. The number of aromatic amines is 1. The molecule has 0 aliphatic carbocycles. The van der Waals surface area contributed by atoms with E-state index in [4.69, 9.17) is 21.6 Å². The van der Waals surface area contributed by atoms with Crippen LogP contribution in [-0.2, 0) is 6.54 Å². The minimum atomic E-state index is -0.250. The van der Waals surface area contributed by atoms with Crippen molar-refractivity contribution >= 4 is 17.5 Å². The van der Waals surface area contributed by atoms with Crippen LogP contribution in [0.5, 0.6) is 5.88 Å². The zero-order valence-corrected chi connectivity index (χ0v) is 17.1. The van der Waals surface area contributed by atoms with Gasteiger partial charge in [-0.05, 0) is 39.0 Å². The van der Waals surface area contributed by atoms with Crippen LogP contribution in [0, 0.1) is 18.3 Å². The largest absolute Gasteiger partial charge is 0.477 e. The lowest BCUT2D eigenvalue weighted by molar-refractivity contribution is 0.0930. The summed E-state index contributed by atoms with van der Waals surface area (Å²) in [5, 5.41) is 23.6. The molecule has 0 aliphatic heterocycles. The molecule has 29 heavy (non-hydrogen) atoms. The number of H-pyrrole nitrogens is 1. The number of carbonyl (C=O) groups is 1. The third-order valence-electron chi connectivity index (χ3n) is 4.34. The molecule has 0 saturated carbocycles. The highest BCUT2D eigenvalue weighted by molar-refractivity contribution is 6.32. The van der Waals surface area contributed by atoms with Gasteiger partial charge in [0.2, 0.25) is 5.88 Å². The van der Waals surface area contributed by atoms with Crippen molar-refractivity contribution in [2.45, 2.75) is 33.4 Å². The summed E-state index contributed by atoms with van der Waals surface area (Å²) in [6, 6.07) is 8.92. The quantitative estimate of drug-likeness (QED) is 0.618. The molecule has 150 valence electrons. The van der Waals surface area contributed by atoms with Crippen molar-refractivity contribution in [1.82, 2.24) is 25.3 Å². The first-order valence-corrected chi connectivity index (χ1v) is 9.52. The van der Waals surface area contributed by atoms with Crippen LogP contribution < -0.4 is 10.1 Å². The zero-order chi connectivity index (χ0) is 21.0. The molecule has 0 bridgehead atoms. The first kappa shape index (κ1) is 20.4. The third-order valence-corrected chi connectivity index (χ3v) is 4.65. The Labute approximate surface area is 173 Å². The molecule has 3 aromatic rings. The van der Waals surface area contributed by atoms with Gasteiger partial charge in [0, 0.05) is 23.4 Å². The van der Waals surface area contributed by atoms with Crippen LogP contribution in [0.4, 0.5) is 0 Å². The molecule has 8 nitrogen and oxygen atoms in total. The number of hydrogen-bond donors (Lipinski definition) is 2. The standard InChI is InChI=1S/C20H21ClN6O2/c1-4-29-20-13(3)18(24-25-20)19(28)23-12(2)11-27-8-7-17(26-27)14-5-6-15(10-22)16(21)9-14/h5-9,12H,4,11H2,1-3H3,(H,23,28)(H,24,25)/t12-/m0/s1. The molecule has 2 N–H and O–H groups in total. The normalized spacial score (nSPS) is 11.7. The molecule has 2 heterocycles. The van der Waals surface area contributed by atoms with Crippen LogP contribution in [0.25, 0.3) is 11.3 Å². The monoisotopic (exact) mass is 412 g/mol. The lowest BCUT2D eigenvalue weighted by Gasteiger charge is -2.13. The number of carbonyl (C=O) groups excluding carboxylic acids is 1. The van der Waals surface area contributed by atoms with Crippen LogP contribution in [0.15, 0.2) is 30.5 Å². The molecule has 0 spiro atoms. The predicted octanol–water partition coefficient (Wildman–Crippen LogP) is 3.32. The molecule has 2 aromatic heterocycles. The highest BCUT2D eigenvalue weighted by Crippen LogP contribution is 2.24. The number of aromatic nitrogens is 4. The molecule has 1 aromatic carbocycles. The highest BCUT2D eigenvalue weighted by Gasteiger charge is 2.18. The summed E-state index contributed by atoms with van der Waals surface area (Å²) in [7, 11) is 0. The van der Waals surface area contributed by atoms with Crippen molar-refractivity contribution in [3.63, 3.8) is 0 Å². The molecular formula is C20H21ClN6O2. The first-order valence-electron chi connectivity index (χ1n) is 9.15. The number of hydrogen-bond acceptors (Lipinski definition) is 5. The Morgan fingerprint density at radius 3 is 2.93 bits per heavy atom. The van der Waals surface area contributed by atoms with E-state index in [1.165, 1.54) is 0 Å². The van der Waals surface area contributed by atoms with E-state index in [1.54, 1.807) is 29.8 Å². The van der Waals surface area contributed by atoms with Gasteiger partial charge in [-0.3, -0.25) is 14.6 Å². The van der Waals surface area contributed by atoms with Crippen LogP contribution in [-0.4, -0.2) is 38.5 Å². The SMILES string of the molecule is CCOc1n[nH]c(C(=O)N[C@@H](C)Cn2ccc(-c3ccc(C#N)c(Cl)c3)n2)c1C. The van der Waals surface area contributed by atoms with E-state index in [0.29, 0.717) is 40.9 Å². The van der Waals surface area contributed by atoms with Gasteiger partial charge >= 0.3 is 0 Å². The van der Waals surface area contributed by atoms with Crippen molar-refractivity contribution < 1.29 is 9.53 Å². The Bertz CT molecular complexity index is 1070. The molecule has 0 fully saturated rings. The fourth-order valence-corrected chi connectivity index (χ4v) is 3.11. The molecule has 3 rings (SSSR count). The van der Waals surface area contributed by atoms with Gasteiger partial charge in [-0.1, -0.05) is 17.7 Å². The van der Waals surface area contributed by atoms with Gasteiger partial charge in [0.05, 0.1) is 29.4 Å². The molecule has 0 aliphatic rings. The van der Waals surface area contributed by atoms with E-state index >= 15 is 0 Å². The Kier molecular flexibility index (Phi) is 6.20. The minimum absolute atomic E-state index is 0.168. The fourth-order valence-electron chi connectivity index (χ4n) is 2.88. The van der Waals surface area contributed by atoms with E-state index in [1.807, 2.05) is 32.2 Å². The Morgan fingerprint density at radius 2 is 2.24 bits per heavy atom.